The number of nitro benzene ring substituents is 1. The minimum atomic E-state index is -2.77. The number of benzene rings is 1. The molecule has 0 saturated carbocycles. The zero-order valence-corrected chi connectivity index (χ0v) is 13.6. The van der Waals surface area contributed by atoms with Gasteiger partial charge < -0.3 is 9.64 Å². The van der Waals surface area contributed by atoms with Crippen LogP contribution in [0.1, 0.15) is 29.7 Å². The van der Waals surface area contributed by atoms with E-state index in [2.05, 4.69) is 4.98 Å². The molecule has 0 atom stereocenters. The highest BCUT2D eigenvalue weighted by molar-refractivity contribution is 5.95. The molecule has 1 aromatic carbocycles. The molecule has 0 radical (unpaired) electrons. The normalized spacial score (nSPS) is 10.8. The van der Waals surface area contributed by atoms with E-state index in [0.717, 1.165) is 17.2 Å². The number of hydrogen-bond donors (Lipinski definition) is 0. The summed E-state index contributed by atoms with van der Waals surface area (Å²) in [7, 11) is 1.40. The van der Waals surface area contributed by atoms with E-state index in [1.165, 1.54) is 25.4 Å². The van der Waals surface area contributed by atoms with Crippen molar-refractivity contribution < 1.29 is 23.2 Å². The number of alkyl halides is 2. The van der Waals surface area contributed by atoms with Gasteiger partial charge in [-0.15, -0.1) is 0 Å². The molecule has 25 heavy (non-hydrogen) atoms. The molecule has 0 spiro atoms. The smallest absolute Gasteiger partial charge is 0.319 e. The Morgan fingerprint density at radius 2 is 2.20 bits per heavy atom. The minimum Gasteiger partial charge on any atom is -0.487 e. The van der Waals surface area contributed by atoms with Crippen molar-refractivity contribution in [2.45, 2.75) is 20.0 Å². The Morgan fingerprint density at radius 3 is 2.80 bits per heavy atom. The van der Waals surface area contributed by atoms with Crippen LogP contribution in [0.5, 0.6) is 5.75 Å². The number of nitro groups is 1. The molecule has 2 aromatic rings. The lowest BCUT2D eigenvalue weighted by Crippen LogP contribution is -2.28. The van der Waals surface area contributed by atoms with Gasteiger partial charge in [-0.1, -0.05) is 0 Å². The third-order valence-corrected chi connectivity index (χ3v) is 3.39. The van der Waals surface area contributed by atoms with Crippen molar-refractivity contribution in [3.05, 3.63) is 52.1 Å². The largest absolute Gasteiger partial charge is 0.487 e. The number of halogens is 2. The molecule has 134 valence electrons. The summed E-state index contributed by atoms with van der Waals surface area (Å²) in [5.41, 5.74) is -0.289. The Bertz CT molecular complexity index is 779. The molecule has 2 rings (SSSR count). The van der Waals surface area contributed by atoms with Crippen LogP contribution in [-0.2, 0) is 6.54 Å². The number of imidazole rings is 1. The maximum absolute atomic E-state index is 12.8. The number of nitrogens with zero attached hydrogens (tertiary/aromatic N) is 4. The van der Waals surface area contributed by atoms with Crippen LogP contribution in [0.25, 0.3) is 0 Å². The van der Waals surface area contributed by atoms with Gasteiger partial charge >= 0.3 is 12.2 Å². The number of aromatic nitrogens is 2. The molecule has 0 bridgehead atoms. The van der Waals surface area contributed by atoms with Crippen molar-refractivity contribution >= 4 is 11.6 Å². The molecule has 1 aromatic heterocycles. The van der Waals surface area contributed by atoms with Gasteiger partial charge in [-0.05, 0) is 19.1 Å². The fourth-order valence-corrected chi connectivity index (χ4v) is 2.22. The molecule has 10 heteroatoms. The second-order valence-electron chi connectivity index (χ2n) is 5.06. The number of amides is 1. The van der Waals surface area contributed by atoms with Gasteiger partial charge in [0.25, 0.3) is 5.91 Å². The molecule has 8 nitrogen and oxygen atoms in total. The molecule has 0 unspecified atom stereocenters. The first kappa shape index (κ1) is 18.3. The number of hydrogen-bond acceptors (Lipinski definition) is 5. The summed E-state index contributed by atoms with van der Waals surface area (Å²) in [6.45, 7) is -1.02. The highest BCUT2D eigenvalue weighted by atomic mass is 19.3. The maximum atomic E-state index is 12.8. The molecule has 0 aliphatic rings. The van der Waals surface area contributed by atoms with Gasteiger partial charge in [0.2, 0.25) is 0 Å². The summed E-state index contributed by atoms with van der Waals surface area (Å²) >= 11 is 0. The molecular formula is C15H16F2N4O4. The van der Waals surface area contributed by atoms with Crippen LogP contribution in [0.2, 0.25) is 0 Å². The van der Waals surface area contributed by atoms with Crippen LogP contribution < -0.4 is 4.74 Å². The first-order valence-corrected chi connectivity index (χ1v) is 7.31. The second kappa shape index (κ2) is 7.69. The minimum absolute atomic E-state index is 0.00582. The van der Waals surface area contributed by atoms with E-state index in [1.807, 2.05) is 0 Å². The van der Waals surface area contributed by atoms with Crippen molar-refractivity contribution in [2.75, 3.05) is 13.7 Å². The monoisotopic (exact) mass is 354 g/mol. The summed E-state index contributed by atoms with van der Waals surface area (Å²) < 4.78 is 31.5. The third-order valence-electron chi connectivity index (χ3n) is 3.39. The van der Waals surface area contributed by atoms with E-state index in [9.17, 15) is 23.7 Å². The van der Waals surface area contributed by atoms with Crippen LogP contribution in [0.3, 0.4) is 0 Å². The van der Waals surface area contributed by atoms with E-state index in [1.54, 1.807) is 6.92 Å². The Labute approximate surface area is 141 Å². The van der Waals surface area contributed by atoms with E-state index in [-0.39, 0.29) is 36.0 Å². The Morgan fingerprint density at radius 1 is 1.48 bits per heavy atom. The molecule has 0 saturated heterocycles. The lowest BCUT2D eigenvalue weighted by Gasteiger charge is -2.18. The summed E-state index contributed by atoms with van der Waals surface area (Å²) in [5.74, 6) is -0.499. The molecule has 1 amide bonds. The molecule has 1 heterocycles. The van der Waals surface area contributed by atoms with Crippen LogP contribution >= 0.6 is 0 Å². The summed E-state index contributed by atoms with van der Waals surface area (Å²) in [6, 6.07) is 3.82. The van der Waals surface area contributed by atoms with Gasteiger partial charge in [0, 0.05) is 31.1 Å². The molecule has 0 fully saturated rings. The highest BCUT2D eigenvalue weighted by Gasteiger charge is 2.22. The van der Waals surface area contributed by atoms with Crippen LogP contribution in [0.15, 0.2) is 30.6 Å². The van der Waals surface area contributed by atoms with Gasteiger partial charge in [0.05, 0.1) is 18.1 Å². The summed E-state index contributed by atoms with van der Waals surface area (Å²) in [4.78, 5) is 27.9. The Hall–Kier alpha value is -3.04. The summed E-state index contributed by atoms with van der Waals surface area (Å²) in [6.07, 6.45) is 2.32. The number of carbonyl (C=O) groups excluding carboxylic acids is 1. The maximum Gasteiger partial charge on any atom is 0.319 e. The van der Waals surface area contributed by atoms with Crippen molar-refractivity contribution in [1.29, 1.82) is 0 Å². The molecule has 0 aliphatic heterocycles. The number of ether oxygens (including phenoxy) is 1. The zero-order chi connectivity index (χ0) is 18.6. The molecular weight excluding hydrogens is 338 g/mol. The number of rotatable bonds is 7. The zero-order valence-electron chi connectivity index (χ0n) is 13.6. The van der Waals surface area contributed by atoms with E-state index >= 15 is 0 Å². The van der Waals surface area contributed by atoms with Gasteiger partial charge in [0.15, 0.2) is 5.75 Å². The van der Waals surface area contributed by atoms with Gasteiger partial charge in [-0.3, -0.25) is 19.5 Å². The molecule has 0 N–H and O–H groups in total. The second-order valence-corrected chi connectivity index (χ2v) is 5.06. The van der Waals surface area contributed by atoms with Crippen molar-refractivity contribution in [3.8, 4) is 5.75 Å². The standard InChI is InChI=1S/C15H16F2N4O4/c1-3-25-12-5-4-10(8-11(12)21(23)24)14(22)19(2)9-13-18-6-7-20(13)15(16)17/h4-8,15H,3,9H2,1-2H3. The molecule has 0 aliphatic carbocycles. The van der Waals surface area contributed by atoms with Crippen molar-refractivity contribution in [1.82, 2.24) is 14.5 Å². The van der Waals surface area contributed by atoms with E-state index in [0.29, 0.717) is 4.57 Å². The first-order valence-electron chi connectivity index (χ1n) is 7.31. The SMILES string of the molecule is CCOc1ccc(C(=O)N(C)Cc2nccn2C(F)F)cc1[N+](=O)[O-]. The third kappa shape index (κ3) is 4.08. The fraction of sp³-hybridized carbons (Fsp3) is 0.333. The van der Waals surface area contributed by atoms with Gasteiger partial charge in [-0.2, -0.15) is 8.78 Å². The Kier molecular flexibility index (Phi) is 5.63. The predicted octanol–water partition coefficient (Wildman–Crippen LogP) is 2.86. The van der Waals surface area contributed by atoms with Crippen molar-refractivity contribution in [3.63, 3.8) is 0 Å². The highest BCUT2D eigenvalue weighted by Crippen LogP contribution is 2.28. The van der Waals surface area contributed by atoms with Crippen LogP contribution in [-0.4, -0.2) is 38.9 Å². The predicted molar refractivity (Wildman–Crippen MR) is 83.5 cm³/mol. The first-order chi connectivity index (χ1) is 11.8. The van der Waals surface area contributed by atoms with Crippen LogP contribution in [0, 0.1) is 10.1 Å². The van der Waals surface area contributed by atoms with Crippen molar-refractivity contribution in [2.24, 2.45) is 0 Å². The number of carbonyl (C=O) groups is 1. The lowest BCUT2D eigenvalue weighted by atomic mass is 10.1. The van der Waals surface area contributed by atoms with Crippen LogP contribution in [0.4, 0.5) is 14.5 Å². The van der Waals surface area contributed by atoms with E-state index in [4.69, 9.17) is 4.74 Å². The summed E-state index contributed by atoms with van der Waals surface area (Å²) in [5, 5.41) is 11.1. The van der Waals surface area contributed by atoms with E-state index < -0.39 is 17.4 Å². The Balaban J connectivity index is 2.23. The lowest BCUT2D eigenvalue weighted by molar-refractivity contribution is -0.385. The van der Waals surface area contributed by atoms with Gasteiger partial charge in [-0.25, -0.2) is 4.98 Å². The fourth-order valence-electron chi connectivity index (χ4n) is 2.22. The average Bonchev–Trinajstić information content (AvgIpc) is 3.03. The quantitative estimate of drug-likeness (QED) is 0.563. The van der Waals surface area contributed by atoms with Gasteiger partial charge in [0.1, 0.15) is 5.82 Å². The topological polar surface area (TPSA) is 90.5 Å². The average molecular weight is 354 g/mol.